The van der Waals surface area contributed by atoms with Crippen LogP contribution in [0.25, 0.3) is 11.3 Å². The van der Waals surface area contributed by atoms with Crippen molar-refractivity contribution in [2.24, 2.45) is 11.7 Å². The van der Waals surface area contributed by atoms with E-state index < -0.39 is 0 Å². The van der Waals surface area contributed by atoms with Crippen molar-refractivity contribution in [2.75, 3.05) is 6.54 Å². The fraction of sp³-hybridized carbons (Fsp3) is 0.389. The molecule has 1 aliphatic heterocycles. The Morgan fingerprint density at radius 3 is 2.82 bits per heavy atom. The summed E-state index contributed by atoms with van der Waals surface area (Å²) in [4.78, 5) is 15.1. The van der Waals surface area contributed by atoms with Gasteiger partial charge in [-0.2, -0.15) is 0 Å². The van der Waals surface area contributed by atoms with E-state index in [1.807, 2.05) is 48.2 Å². The molecule has 0 radical (unpaired) electrons. The Bertz CT molecular complexity index is 707. The Labute approximate surface area is 129 Å². The molecule has 4 nitrogen and oxygen atoms in total. The lowest BCUT2D eigenvalue weighted by Gasteiger charge is -2.26. The highest BCUT2D eigenvalue weighted by molar-refractivity contribution is 6.00. The molecule has 2 aliphatic rings. The first-order chi connectivity index (χ1) is 10.7. The minimum absolute atomic E-state index is 0.0659. The molecule has 1 saturated carbocycles. The van der Waals surface area contributed by atoms with E-state index in [-0.39, 0.29) is 11.9 Å². The lowest BCUT2D eigenvalue weighted by atomic mass is 10.1. The van der Waals surface area contributed by atoms with Crippen LogP contribution in [0.15, 0.2) is 40.8 Å². The number of piperidine rings is 1. The topological polar surface area (TPSA) is 59.5 Å². The largest absolute Gasteiger partial charge is 0.461 e. The average Bonchev–Trinajstić information content (AvgIpc) is 3.03. The van der Waals surface area contributed by atoms with E-state index in [4.69, 9.17) is 10.2 Å². The van der Waals surface area contributed by atoms with Crippen molar-refractivity contribution in [3.63, 3.8) is 0 Å². The summed E-state index contributed by atoms with van der Waals surface area (Å²) in [6.45, 7) is 2.42. The van der Waals surface area contributed by atoms with Gasteiger partial charge < -0.3 is 15.1 Å². The Morgan fingerprint density at radius 1 is 1.32 bits per heavy atom. The molecule has 1 aliphatic carbocycles. The zero-order valence-electron chi connectivity index (χ0n) is 12.7. The zero-order valence-corrected chi connectivity index (χ0v) is 12.7. The van der Waals surface area contributed by atoms with Crippen LogP contribution >= 0.6 is 0 Å². The summed E-state index contributed by atoms with van der Waals surface area (Å²) < 4.78 is 5.82. The number of nitrogens with zero attached hydrogens (tertiary/aromatic N) is 1. The first kappa shape index (κ1) is 13.6. The molecule has 0 unspecified atom stereocenters. The molecule has 2 aromatic rings. The number of amides is 1. The number of benzene rings is 1. The second-order valence-electron chi connectivity index (χ2n) is 6.37. The van der Waals surface area contributed by atoms with E-state index in [1.54, 1.807) is 0 Å². The highest BCUT2D eigenvalue weighted by Crippen LogP contribution is 2.48. The quantitative estimate of drug-likeness (QED) is 0.947. The Morgan fingerprint density at radius 2 is 2.09 bits per heavy atom. The van der Waals surface area contributed by atoms with Gasteiger partial charge in [0.15, 0.2) is 0 Å². The van der Waals surface area contributed by atoms with Crippen LogP contribution in [0.5, 0.6) is 0 Å². The maximum Gasteiger partial charge on any atom is 0.258 e. The highest BCUT2D eigenvalue weighted by Gasteiger charge is 2.53. The van der Waals surface area contributed by atoms with Gasteiger partial charge in [-0.05, 0) is 31.7 Å². The van der Waals surface area contributed by atoms with Crippen LogP contribution in [0.3, 0.4) is 0 Å². The van der Waals surface area contributed by atoms with Crippen molar-refractivity contribution < 1.29 is 9.21 Å². The van der Waals surface area contributed by atoms with E-state index in [0.717, 1.165) is 24.2 Å². The molecule has 2 heterocycles. The molecule has 0 bridgehead atoms. The van der Waals surface area contributed by atoms with Crippen LogP contribution in [0, 0.1) is 12.8 Å². The second-order valence-corrected chi connectivity index (χ2v) is 6.37. The number of nitrogens with two attached hydrogens (primary N) is 1. The first-order valence-corrected chi connectivity index (χ1v) is 7.87. The lowest BCUT2D eigenvalue weighted by Crippen LogP contribution is -2.42. The summed E-state index contributed by atoms with van der Waals surface area (Å²) in [5, 5.41) is 0. The molecular formula is C18H20N2O2. The fourth-order valence-electron chi connectivity index (χ4n) is 3.70. The molecule has 4 heteroatoms. The van der Waals surface area contributed by atoms with Gasteiger partial charge in [0.05, 0.1) is 5.56 Å². The number of rotatable bonds is 3. The molecule has 0 spiro atoms. The second kappa shape index (κ2) is 4.99. The van der Waals surface area contributed by atoms with Crippen molar-refractivity contribution in [2.45, 2.75) is 31.8 Å². The number of hydrogen-bond acceptors (Lipinski definition) is 3. The zero-order chi connectivity index (χ0) is 15.3. The minimum atomic E-state index is 0.0659. The lowest BCUT2D eigenvalue weighted by molar-refractivity contribution is 0.0706. The van der Waals surface area contributed by atoms with Gasteiger partial charge in [0.2, 0.25) is 0 Å². The van der Waals surface area contributed by atoms with Gasteiger partial charge in [0, 0.05) is 24.2 Å². The highest BCUT2D eigenvalue weighted by atomic mass is 16.3. The standard InChI is InChI=1S/C18H20N2O2/c1-11-7-15(17(22-11)12-5-3-2-4-6-12)18(21)20-14(10-19)8-13-9-16(13)20/h2-7,13-14,16H,8-10,19H2,1H3/t13-,14+,16+/m1/s1. The van der Waals surface area contributed by atoms with Gasteiger partial charge >= 0.3 is 0 Å². The molecule has 1 saturated heterocycles. The summed E-state index contributed by atoms with van der Waals surface area (Å²) in [6, 6.07) is 12.2. The molecule has 114 valence electrons. The van der Waals surface area contributed by atoms with Crippen molar-refractivity contribution in [3.8, 4) is 11.3 Å². The van der Waals surface area contributed by atoms with Crippen LogP contribution < -0.4 is 5.73 Å². The summed E-state index contributed by atoms with van der Waals surface area (Å²) >= 11 is 0. The number of aryl methyl sites for hydroxylation is 1. The third-order valence-electron chi connectivity index (χ3n) is 4.84. The van der Waals surface area contributed by atoms with Crippen molar-refractivity contribution in [1.29, 1.82) is 0 Å². The molecule has 1 amide bonds. The number of likely N-dealkylation sites (tertiary alicyclic amines) is 1. The van der Waals surface area contributed by atoms with Crippen molar-refractivity contribution >= 4 is 5.91 Å². The van der Waals surface area contributed by atoms with Gasteiger partial charge in [-0.25, -0.2) is 0 Å². The number of hydrogen-bond donors (Lipinski definition) is 1. The Kier molecular flexibility index (Phi) is 3.08. The van der Waals surface area contributed by atoms with Crippen LogP contribution in [0.4, 0.5) is 0 Å². The molecular weight excluding hydrogens is 276 g/mol. The summed E-state index contributed by atoms with van der Waals surface area (Å²) in [5.74, 6) is 2.16. The third kappa shape index (κ3) is 2.06. The molecule has 22 heavy (non-hydrogen) atoms. The number of carbonyl (C=O) groups is 1. The smallest absolute Gasteiger partial charge is 0.258 e. The molecule has 3 atom stereocenters. The SMILES string of the molecule is Cc1cc(C(=O)N2[C@H](CN)C[C@@H]3C[C@@H]32)c(-c2ccccc2)o1. The van der Waals surface area contributed by atoms with Crippen molar-refractivity contribution in [3.05, 3.63) is 47.7 Å². The summed E-state index contributed by atoms with van der Waals surface area (Å²) in [5.41, 5.74) is 7.46. The van der Waals surface area contributed by atoms with Crippen LogP contribution in [0.2, 0.25) is 0 Å². The Hall–Kier alpha value is -2.07. The van der Waals surface area contributed by atoms with Crippen LogP contribution in [-0.4, -0.2) is 29.4 Å². The molecule has 2 N–H and O–H groups in total. The van der Waals surface area contributed by atoms with Gasteiger partial charge in [-0.1, -0.05) is 30.3 Å². The van der Waals surface area contributed by atoms with E-state index in [1.165, 1.54) is 0 Å². The maximum atomic E-state index is 13.1. The average molecular weight is 296 g/mol. The maximum absolute atomic E-state index is 13.1. The molecule has 4 rings (SSSR count). The monoisotopic (exact) mass is 296 g/mol. The molecule has 1 aromatic carbocycles. The molecule has 2 fully saturated rings. The summed E-state index contributed by atoms with van der Waals surface area (Å²) in [6.07, 6.45) is 2.17. The van der Waals surface area contributed by atoms with E-state index in [9.17, 15) is 4.79 Å². The van der Waals surface area contributed by atoms with Crippen LogP contribution in [-0.2, 0) is 0 Å². The Balaban J connectivity index is 1.72. The minimum Gasteiger partial charge on any atom is -0.461 e. The van der Waals surface area contributed by atoms with Crippen molar-refractivity contribution in [1.82, 2.24) is 4.90 Å². The van der Waals surface area contributed by atoms with E-state index in [2.05, 4.69) is 0 Å². The number of carbonyl (C=O) groups excluding carboxylic acids is 1. The summed E-state index contributed by atoms with van der Waals surface area (Å²) in [7, 11) is 0. The van der Waals surface area contributed by atoms with Crippen LogP contribution in [0.1, 0.15) is 29.0 Å². The van der Waals surface area contributed by atoms with Gasteiger partial charge in [0.1, 0.15) is 11.5 Å². The number of furan rings is 1. The normalized spacial score (nSPS) is 26.1. The first-order valence-electron chi connectivity index (χ1n) is 7.87. The van der Waals surface area contributed by atoms with Gasteiger partial charge in [-0.15, -0.1) is 0 Å². The molecule has 1 aromatic heterocycles. The third-order valence-corrected chi connectivity index (χ3v) is 4.84. The van der Waals surface area contributed by atoms with Gasteiger partial charge in [0.25, 0.3) is 5.91 Å². The van der Waals surface area contributed by atoms with Gasteiger partial charge in [-0.3, -0.25) is 4.79 Å². The number of fused-ring (bicyclic) bond motifs is 1. The predicted octanol–water partition coefficient (Wildman–Crippen LogP) is 2.82. The van der Waals surface area contributed by atoms with E-state index >= 15 is 0 Å². The van der Waals surface area contributed by atoms with E-state index in [0.29, 0.717) is 29.8 Å². The fourth-order valence-corrected chi connectivity index (χ4v) is 3.70. The predicted molar refractivity (Wildman–Crippen MR) is 84.4 cm³/mol.